The van der Waals surface area contributed by atoms with Gasteiger partial charge in [-0.15, -0.1) is 0 Å². The van der Waals surface area contributed by atoms with Gasteiger partial charge in [-0.25, -0.2) is 8.42 Å². The normalized spacial score (nSPS) is 11.9. The second kappa shape index (κ2) is 22.6. The molecule has 0 aliphatic heterocycles. The van der Waals surface area contributed by atoms with E-state index in [4.69, 9.17) is 0 Å². The van der Waals surface area contributed by atoms with Crippen molar-refractivity contribution in [3.63, 3.8) is 0 Å². The van der Waals surface area contributed by atoms with Crippen LogP contribution in [-0.2, 0) is 48.4 Å². The Bertz CT molecular complexity index is 1200. The summed E-state index contributed by atoms with van der Waals surface area (Å²) in [5.74, 6) is 0.661. The molecule has 0 atom stereocenters. The summed E-state index contributed by atoms with van der Waals surface area (Å²) >= 11 is 0. The third kappa shape index (κ3) is 12.1. The van der Waals surface area contributed by atoms with Crippen molar-refractivity contribution in [2.24, 2.45) is 0 Å². The molecule has 0 amide bonds. The molecule has 0 spiro atoms. The zero-order valence-corrected chi connectivity index (χ0v) is 32.1. The number of unbranched alkanes of at least 4 members (excludes halogenated alkanes) is 12. The molecule has 268 valence electrons. The second-order valence-electron chi connectivity index (χ2n) is 13.9. The average Bonchev–Trinajstić information content (AvgIpc) is 3.05. The molecule has 2 aromatic rings. The highest BCUT2D eigenvalue weighted by Crippen LogP contribution is 2.42. The van der Waals surface area contributed by atoms with E-state index in [1.165, 1.54) is 0 Å². The molecule has 4 nitrogen and oxygen atoms in total. The van der Waals surface area contributed by atoms with Crippen LogP contribution >= 0.6 is 0 Å². The van der Waals surface area contributed by atoms with Crippen molar-refractivity contribution in [1.29, 1.82) is 0 Å². The number of aromatic hydroxyl groups is 2. The van der Waals surface area contributed by atoms with E-state index in [0.717, 1.165) is 149 Å². The average molecular weight is 671 g/mol. The molecular weight excluding hydrogens is 601 g/mol. The minimum absolute atomic E-state index is 0.331. The number of phenols is 2. The highest BCUT2D eigenvalue weighted by Gasteiger charge is 2.31. The largest absolute Gasteiger partial charge is 0.507 e. The molecule has 5 heteroatoms. The van der Waals surface area contributed by atoms with E-state index in [-0.39, 0.29) is 0 Å². The molecule has 0 fully saturated rings. The maximum atomic E-state index is 15.3. The molecule has 0 saturated carbocycles. The van der Waals surface area contributed by atoms with Crippen molar-refractivity contribution in [2.45, 2.75) is 205 Å². The van der Waals surface area contributed by atoms with Gasteiger partial charge in [0.05, 0.1) is 9.79 Å². The predicted molar refractivity (Wildman–Crippen MR) is 201 cm³/mol. The summed E-state index contributed by atoms with van der Waals surface area (Å²) in [6.07, 6.45) is 22.3. The predicted octanol–water partition coefficient (Wildman–Crippen LogP) is 12.3. The van der Waals surface area contributed by atoms with Gasteiger partial charge in [-0.1, -0.05) is 119 Å². The smallest absolute Gasteiger partial charge is 0.207 e. The van der Waals surface area contributed by atoms with Crippen LogP contribution in [-0.4, -0.2) is 18.6 Å². The first-order chi connectivity index (χ1) is 22.7. The number of rotatable bonds is 26. The van der Waals surface area contributed by atoms with Crippen molar-refractivity contribution in [3.05, 3.63) is 45.5 Å². The maximum absolute atomic E-state index is 15.3. The summed E-state index contributed by atoms with van der Waals surface area (Å²) < 4.78 is 30.7. The zero-order valence-electron chi connectivity index (χ0n) is 31.2. The fraction of sp³-hybridized carbons (Fsp3) is 0.714. The van der Waals surface area contributed by atoms with Crippen molar-refractivity contribution in [2.75, 3.05) is 0 Å². The first kappa shape index (κ1) is 41.2. The Balaban J connectivity index is 2.97. The molecule has 2 N–H and O–H groups in total. The molecule has 0 aliphatic carbocycles. The summed E-state index contributed by atoms with van der Waals surface area (Å²) in [6.45, 7) is 13.1. The van der Waals surface area contributed by atoms with Crippen LogP contribution < -0.4 is 0 Å². The van der Waals surface area contributed by atoms with Crippen molar-refractivity contribution >= 4 is 9.84 Å². The Labute approximate surface area is 290 Å². The van der Waals surface area contributed by atoms with Crippen LogP contribution in [0.2, 0.25) is 0 Å². The topological polar surface area (TPSA) is 74.6 Å². The Hall–Kier alpha value is -2.01. The number of phenolic OH excluding ortho intramolecular Hbond substituents is 2. The lowest BCUT2D eigenvalue weighted by Crippen LogP contribution is -2.15. The van der Waals surface area contributed by atoms with E-state index in [1.54, 1.807) is 0 Å². The van der Waals surface area contributed by atoms with Gasteiger partial charge in [0.1, 0.15) is 11.5 Å². The van der Waals surface area contributed by atoms with Gasteiger partial charge in [-0.3, -0.25) is 0 Å². The van der Waals surface area contributed by atoms with Crippen LogP contribution in [0.3, 0.4) is 0 Å². The summed E-state index contributed by atoms with van der Waals surface area (Å²) in [7, 11) is -3.94. The van der Waals surface area contributed by atoms with Crippen molar-refractivity contribution in [1.82, 2.24) is 0 Å². The van der Waals surface area contributed by atoms with E-state index < -0.39 is 9.84 Å². The molecular formula is C42H70O4S. The summed E-state index contributed by atoms with van der Waals surface area (Å²) in [4.78, 5) is 0.816. The minimum atomic E-state index is -3.94. The van der Waals surface area contributed by atoms with Gasteiger partial charge in [0.2, 0.25) is 9.84 Å². The molecule has 0 aromatic heterocycles. The molecule has 0 radical (unpaired) electrons. The van der Waals surface area contributed by atoms with Crippen LogP contribution in [0.25, 0.3) is 0 Å². The summed E-state index contributed by atoms with van der Waals surface area (Å²) in [6, 6.07) is 3.70. The molecule has 0 heterocycles. The Kier molecular flexibility index (Phi) is 19.8. The molecule has 0 saturated heterocycles. The highest BCUT2D eigenvalue weighted by atomic mass is 32.2. The third-order valence-electron chi connectivity index (χ3n) is 9.91. The molecule has 2 aromatic carbocycles. The standard InChI is InChI=1S/C42H70O4S/c1-7-13-19-25-33-31-39(35(27-21-15-9-3)37(41(33)43)29-23-17-11-5)47(45,46)40-32-34(26-20-14-8-2)42(44)38(30-24-18-12-6)36(40)28-22-16-10-4/h31-32,43-44H,7-30H2,1-6H3. The Morgan fingerprint density at radius 2 is 0.660 bits per heavy atom. The van der Waals surface area contributed by atoms with Crippen LogP contribution in [0.15, 0.2) is 21.9 Å². The first-order valence-corrected chi connectivity index (χ1v) is 21.2. The van der Waals surface area contributed by atoms with Crippen LogP contribution in [0, 0.1) is 0 Å². The van der Waals surface area contributed by atoms with Crippen LogP contribution in [0.5, 0.6) is 11.5 Å². The van der Waals surface area contributed by atoms with E-state index >= 15 is 8.42 Å². The third-order valence-corrected chi connectivity index (χ3v) is 11.8. The maximum Gasteiger partial charge on any atom is 0.207 e. The van der Waals surface area contributed by atoms with Gasteiger partial charge in [0, 0.05) is 0 Å². The van der Waals surface area contributed by atoms with Crippen LogP contribution in [0.4, 0.5) is 0 Å². The van der Waals surface area contributed by atoms with Crippen LogP contribution in [0.1, 0.15) is 190 Å². The SMILES string of the molecule is CCCCCc1cc(S(=O)(=O)c2cc(CCCCC)c(O)c(CCCCC)c2CCCCC)c(CCCCC)c(CCCCC)c1O. The van der Waals surface area contributed by atoms with E-state index in [0.29, 0.717) is 59.8 Å². The number of benzene rings is 2. The van der Waals surface area contributed by atoms with Gasteiger partial charge >= 0.3 is 0 Å². The number of sulfone groups is 1. The monoisotopic (exact) mass is 670 g/mol. The van der Waals surface area contributed by atoms with E-state index in [2.05, 4.69) is 41.5 Å². The molecule has 47 heavy (non-hydrogen) atoms. The highest BCUT2D eigenvalue weighted by molar-refractivity contribution is 7.91. The van der Waals surface area contributed by atoms with E-state index in [9.17, 15) is 10.2 Å². The summed E-state index contributed by atoms with van der Waals surface area (Å²) in [5.41, 5.74) is 4.94. The van der Waals surface area contributed by atoms with Gasteiger partial charge in [0.15, 0.2) is 0 Å². The first-order valence-electron chi connectivity index (χ1n) is 19.7. The lowest BCUT2D eigenvalue weighted by Gasteiger charge is -2.23. The Morgan fingerprint density at radius 3 is 0.936 bits per heavy atom. The molecule has 0 bridgehead atoms. The number of hydrogen-bond acceptors (Lipinski definition) is 4. The van der Waals surface area contributed by atoms with Gasteiger partial charge in [0.25, 0.3) is 0 Å². The summed E-state index contributed by atoms with van der Waals surface area (Å²) in [5, 5.41) is 23.4. The Morgan fingerprint density at radius 1 is 0.404 bits per heavy atom. The molecule has 2 rings (SSSR count). The van der Waals surface area contributed by atoms with E-state index in [1.807, 2.05) is 12.1 Å². The molecule has 0 unspecified atom stereocenters. The van der Waals surface area contributed by atoms with Crippen molar-refractivity contribution < 1.29 is 18.6 Å². The number of hydrogen-bond donors (Lipinski definition) is 2. The zero-order chi connectivity index (χ0) is 34.7. The lowest BCUT2D eigenvalue weighted by atomic mass is 9.92. The fourth-order valence-corrected chi connectivity index (χ4v) is 8.93. The fourth-order valence-electron chi connectivity index (χ4n) is 7.00. The second-order valence-corrected chi connectivity index (χ2v) is 15.8. The van der Waals surface area contributed by atoms with Gasteiger partial charge < -0.3 is 10.2 Å². The quantitative estimate of drug-likeness (QED) is 0.0977. The van der Waals surface area contributed by atoms with Crippen molar-refractivity contribution in [3.8, 4) is 11.5 Å². The minimum Gasteiger partial charge on any atom is -0.507 e. The van der Waals surface area contributed by atoms with Gasteiger partial charge in [-0.2, -0.15) is 0 Å². The number of aryl methyl sites for hydroxylation is 2. The van der Waals surface area contributed by atoms with Gasteiger partial charge in [-0.05, 0) is 123 Å². The molecule has 0 aliphatic rings. The lowest BCUT2D eigenvalue weighted by molar-refractivity contribution is 0.454.